The molecule has 0 saturated heterocycles. The Kier molecular flexibility index (Phi) is 2.32. The molecular weight excluding hydrogens is 194 g/mol. The Balaban J connectivity index is 2.72. The molecule has 1 atom stereocenters. The van der Waals surface area contributed by atoms with Gasteiger partial charge in [0.15, 0.2) is 5.65 Å². The molecule has 0 aliphatic rings. The van der Waals surface area contributed by atoms with Gasteiger partial charge in [0.2, 0.25) is 0 Å². The summed E-state index contributed by atoms with van der Waals surface area (Å²) in [5, 5.41) is 9.31. The molecule has 0 saturated carbocycles. The lowest BCUT2D eigenvalue weighted by atomic mass is 10.4. The van der Waals surface area contributed by atoms with Crippen LogP contribution in [0, 0.1) is 0 Å². The van der Waals surface area contributed by atoms with Crippen LogP contribution in [0.2, 0.25) is 0 Å². The van der Waals surface area contributed by atoms with Crippen LogP contribution in [0.15, 0.2) is 23.1 Å². The van der Waals surface area contributed by atoms with Gasteiger partial charge in [0.1, 0.15) is 0 Å². The fourth-order valence-corrected chi connectivity index (χ4v) is 1.67. The van der Waals surface area contributed by atoms with Crippen molar-refractivity contribution in [1.82, 2.24) is 14.1 Å². The second-order valence-corrected chi connectivity index (χ2v) is 3.65. The van der Waals surface area contributed by atoms with Crippen LogP contribution in [0.5, 0.6) is 0 Å². The molecule has 2 heterocycles. The number of hydrogen-bond donors (Lipinski definition) is 1. The topological polar surface area (TPSA) is 60.1 Å². The molecule has 0 aliphatic heterocycles. The van der Waals surface area contributed by atoms with E-state index in [1.807, 2.05) is 6.07 Å². The Morgan fingerprint density at radius 1 is 1.60 bits per heavy atom. The average Bonchev–Trinajstić information content (AvgIpc) is 2.44. The van der Waals surface area contributed by atoms with Crippen molar-refractivity contribution < 1.29 is 5.11 Å². The minimum atomic E-state index is -0.548. The van der Waals surface area contributed by atoms with Crippen LogP contribution in [-0.4, -0.2) is 25.3 Å². The van der Waals surface area contributed by atoms with Crippen molar-refractivity contribution >= 4 is 11.2 Å². The van der Waals surface area contributed by atoms with E-state index in [0.29, 0.717) is 12.2 Å². The minimum Gasteiger partial charge on any atom is -0.392 e. The van der Waals surface area contributed by atoms with Crippen LogP contribution < -0.4 is 5.69 Å². The van der Waals surface area contributed by atoms with Gasteiger partial charge in [-0.1, -0.05) is 0 Å². The van der Waals surface area contributed by atoms with Crippen molar-refractivity contribution in [3.05, 3.63) is 28.8 Å². The third-order valence-electron chi connectivity index (χ3n) is 2.34. The first-order valence-corrected chi connectivity index (χ1v) is 4.79. The van der Waals surface area contributed by atoms with Crippen LogP contribution in [-0.2, 0) is 13.6 Å². The number of imidazole rings is 1. The molecule has 80 valence electrons. The van der Waals surface area contributed by atoms with E-state index in [1.54, 1.807) is 26.2 Å². The van der Waals surface area contributed by atoms with E-state index in [1.165, 1.54) is 9.13 Å². The van der Waals surface area contributed by atoms with Crippen LogP contribution in [0.4, 0.5) is 0 Å². The molecule has 15 heavy (non-hydrogen) atoms. The molecule has 0 spiro atoms. The first kappa shape index (κ1) is 9.92. The fourth-order valence-electron chi connectivity index (χ4n) is 1.67. The molecule has 2 aromatic heterocycles. The van der Waals surface area contributed by atoms with Crippen LogP contribution in [0.3, 0.4) is 0 Å². The van der Waals surface area contributed by atoms with Crippen molar-refractivity contribution in [2.24, 2.45) is 7.05 Å². The molecule has 2 rings (SSSR count). The van der Waals surface area contributed by atoms with Crippen molar-refractivity contribution in [3.63, 3.8) is 0 Å². The van der Waals surface area contributed by atoms with Gasteiger partial charge >= 0.3 is 5.69 Å². The van der Waals surface area contributed by atoms with Gasteiger partial charge < -0.3 is 5.11 Å². The molecule has 0 amide bonds. The molecule has 5 heteroatoms. The Morgan fingerprint density at radius 3 is 3.00 bits per heavy atom. The molecular formula is C10H13N3O2. The number of aryl methyl sites for hydroxylation is 1. The monoisotopic (exact) mass is 207 g/mol. The maximum atomic E-state index is 11.8. The summed E-state index contributed by atoms with van der Waals surface area (Å²) in [6.45, 7) is 1.95. The quantitative estimate of drug-likeness (QED) is 0.760. The van der Waals surface area contributed by atoms with Crippen LogP contribution >= 0.6 is 0 Å². The zero-order chi connectivity index (χ0) is 11.0. The van der Waals surface area contributed by atoms with E-state index in [0.717, 1.165) is 5.52 Å². The molecule has 5 nitrogen and oxygen atoms in total. The molecule has 0 fully saturated rings. The Labute approximate surface area is 86.6 Å². The van der Waals surface area contributed by atoms with Gasteiger partial charge in [0.05, 0.1) is 18.2 Å². The van der Waals surface area contributed by atoms with Crippen molar-refractivity contribution in [3.8, 4) is 0 Å². The smallest absolute Gasteiger partial charge is 0.330 e. The predicted molar refractivity (Wildman–Crippen MR) is 56.7 cm³/mol. The number of aliphatic hydroxyl groups is 1. The average molecular weight is 207 g/mol. The number of fused-ring (bicyclic) bond motifs is 1. The molecule has 0 bridgehead atoms. The summed E-state index contributed by atoms with van der Waals surface area (Å²) in [7, 11) is 1.68. The lowest BCUT2D eigenvalue weighted by Gasteiger charge is -2.04. The third kappa shape index (κ3) is 1.55. The molecule has 2 aromatic rings. The molecule has 1 N–H and O–H groups in total. The summed E-state index contributed by atoms with van der Waals surface area (Å²) in [4.78, 5) is 15.9. The van der Waals surface area contributed by atoms with E-state index in [4.69, 9.17) is 0 Å². The largest absolute Gasteiger partial charge is 0.392 e. The summed E-state index contributed by atoms with van der Waals surface area (Å²) in [6, 6.07) is 3.60. The maximum Gasteiger partial charge on any atom is 0.330 e. The molecule has 0 aromatic carbocycles. The van der Waals surface area contributed by atoms with E-state index in [2.05, 4.69) is 4.98 Å². The Morgan fingerprint density at radius 2 is 2.33 bits per heavy atom. The minimum absolute atomic E-state index is 0.149. The summed E-state index contributed by atoms with van der Waals surface area (Å²) >= 11 is 0. The van der Waals surface area contributed by atoms with Gasteiger partial charge in [0, 0.05) is 13.2 Å². The predicted octanol–water partition coefficient (Wildman–Crippen LogP) is 0.116. The highest BCUT2D eigenvalue weighted by Crippen LogP contribution is 2.08. The maximum absolute atomic E-state index is 11.8. The van der Waals surface area contributed by atoms with E-state index >= 15 is 0 Å². The van der Waals surface area contributed by atoms with Gasteiger partial charge in [0.25, 0.3) is 0 Å². The Bertz CT molecular complexity index is 539. The lowest BCUT2D eigenvalue weighted by Crippen LogP contribution is -2.26. The number of rotatable bonds is 2. The van der Waals surface area contributed by atoms with Crippen molar-refractivity contribution in [2.75, 3.05) is 0 Å². The van der Waals surface area contributed by atoms with Gasteiger partial charge in [-0.2, -0.15) is 0 Å². The summed E-state index contributed by atoms with van der Waals surface area (Å²) in [5.74, 6) is 0. The zero-order valence-corrected chi connectivity index (χ0v) is 8.71. The first-order chi connectivity index (χ1) is 7.11. The summed E-state index contributed by atoms with van der Waals surface area (Å²) in [6.07, 6.45) is 1.10. The highest BCUT2D eigenvalue weighted by atomic mass is 16.3. The highest BCUT2D eigenvalue weighted by Gasteiger charge is 2.11. The Hall–Kier alpha value is -1.62. The standard InChI is InChI=1S/C10H13N3O2/c1-7(14)6-13-8-4-3-5-11-9(8)12(2)10(13)15/h3-5,7,14H,6H2,1-2H3. The van der Waals surface area contributed by atoms with E-state index in [9.17, 15) is 9.90 Å². The van der Waals surface area contributed by atoms with E-state index < -0.39 is 6.10 Å². The van der Waals surface area contributed by atoms with Crippen LogP contribution in [0.25, 0.3) is 11.2 Å². The molecule has 1 unspecified atom stereocenters. The number of nitrogens with zero attached hydrogens (tertiary/aromatic N) is 3. The van der Waals surface area contributed by atoms with Crippen molar-refractivity contribution in [1.29, 1.82) is 0 Å². The van der Waals surface area contributed by atoms with Gasteiger partial charge in [-0.25, -0.2) is 9.78 Å². The van der Waals surface area contributed by atoms with Crippen molar-refractivity contribution in [2.45, 2.75) is 19.6 Å². The van der Waals surface area contributed by atoms with Gasteiger partial charge in [-0.05, 0) is 19.1 Å². The number of aromatic nitrogens is 3. The lowest BCUT2D eigenvalue weighted by molar-refractivity contribution is 0.173. The van der Waals surface area contributed by atoms with Gasteiger partial charge in [-0.15, -0.1) is 0 Å². The van der Waals surface area contributed by atoms with E-state index in [-0.39, 0.29) is 5.69 Å². The molecule has 0 radical (unpaired) electrons. The zero-order valence-electron chi connectivity index (χ0n) is 8.71. The normalized spacial score (nSPS) is 13.3. The first-order valence-electron chi connectivity index (χ1n) is 4.79. The SMILES string of the molecule is CC(O)Cn1c(=O)n(C)c2ncccc21. The summed E-state index contributed by atoms with van der Waals surface area (Å²) in [5.41, 5.74) is 1.25. The van der Waals surface area contributed by atoms with Crippen LogP contribution in [0.1, 0.15) is 6.92 Å². The fraction of sp³-hybridized carbons (Fsp3) is 0.400. The highest BCUT2D eigenvalue weighted by molar-refractivity contribution is 5.71. The number of aliphatic hydroxyl groups excluding tert-OH is 1. The second-order valence-electron chi connectivity index (χ2n) is 3.65. The summed E-state index contributed by atoms with van der Waals surface area (Å²) < 4.78 is 3.02. The number of pyridine rings is 1. The molecule has 0 aliphatic carbocycles. The second kappa shape index (κ2) is 3.51. The number of hydrogen-bond acceptors (Lipinski definition) is 3. The third-order valence-corrected chi connectivity index (χ3v) is 2.34. The van der Waals surface area contributed by atoms with Gasteiger partial charge in [-0.3, -0.25) is 9.13 Å².